The highest BCUT2D eigenvalue weighted by Crippen LogP contribution is 2.09. The Labute approximate surface area is 108 Å². The van der Waals surface area contributed by atoms with Crippen LogP contribution in [0.2, 0.25) is 0 Å². The molecule has 0 spiro atoms. The maximum atomic E-state index is 11.3. The normalized spacial score (nSPS) is 15.5. The summed E-state index contributed by atoms with van der Waals surface area (Å²) in [7, 11) is 1.38. The third-order valence-electron chi connectivity index (χ3n) is 2.28. The Hall–Kier alpha value is -0.520. The van der Waals surface area contributed by atoms with Crippen LogP contribution in [-0.4, -0.2) is 48.9 Å². The SMILES string of the molecule is CCC(=CCNCC(C)(O)CSC)C(=O)OC. The van der Waals surface area contributed by atoms with E-state index in [0.717, 1.165) is 0 Å². The van der Waals surface area contributed by atoms with Crippen molar-refractivity contribution in [2.45, 2.75) is 25.9 Å². The van der Waals surface area contributed by atoms with E-state index in [9.17, 15) is 9.90 Å². The van der Waals surface area contributed by atoms with Crippen molar-refractivity contribution in [3.05, 3.63) is 11.6 Å². The Bertz CT molecular complexity index is 264. The quantitative estimate of drug-likeness (QED) is 0.390. The highest BCUT2D eigenvalue weighted by atomic mass is 32.2. The van der Waals surface area contributed by atoms with Crippen LogP contribution in [-0.2, 0) is 9.53 Å². The van der Waals surface area contributed by atoms with Gasteiger partial charge in [0.1, 0.15) is 0 Å². The van der Waals surface area contributed by atoms with Gasteiger partial charge in [-0.05, 0) is 19.6 Å². The average molecular weight is 261 g/mol. The van der Waals surface area contributed by atoms with Gasteiger partial charge in [0.2, 0.25) is 0 Å². The summed E-state index contributed by atoms with van der Waals surface area (Å²) in [4.78, 5) is 11.3. The van der Waals surface area contributed by atoms with Crippen LogP contribution in [0, 0.1) is 0 Å². The first-order valence-corrected chi connectivity index (χ1v) is 7.05. The number of esters is 1. The van der Waals surface area contributed by atoms with E-state index in [1.54, 1.807) is 24.8 Å². The minimum Gasteiger partial charge on any atom is -0.466 e. The van der Waals surface area contributed by atoms with Crippen molar-refractivity contribution >= 4 is 17.7 Å². The molecule has 0 rings (SSSR count). The molecule has 0 aromatic rings. The van der Waals surface area contributed by atoms with E-state index in [0.29, 0.717) is 30.8 Å². The van der Waals surface area contributed by atoms with Crippen LogP contribution in [0.4, 0.5) is 0 Å². The van der Waals surface area contributed by atoms with Gasteiger partial charge in [-0.2, -0.15) is 11.8 Å². The second-order valence-corrected chi connectivity index (χ2v) is 5.00. The smallest absolute Gasteiger partial charge is 0.333 e. The number of carbonyl (C=O) groups is 1. The van der Waals surface area contributed by atoms with Gasteiger partial charge in [0, 0.05) is 24.4 Å². The molecule has 0 heterocycles. The zero-order chi connectivity index (χ0) is 13.3. The lowest BCUT2D eigenvalue weighted by Crippen LogP contribution is -2.40. The van der Waals surface area contributed by atoms with Crippen LogP contribution in [0.1, 0.15) is 20.3 Å². The Morgan fingerprint density at radius 3 is 2.71 bits per heavy atom. The van der Waals surface area contributed by atoms with Crippen molar-refractivity contribution in [2.75, 3.05) is 32.2 Å². The van der Waals surface area contributed by atoms with Crippen LogP contribution in [0.25, 0.3) is 0 Å². The van der Waals surface area contributed by atoms with Crippen LogP contribution in [0.3, 0.4) is 0 Å². The van der Waals surface area contributed by atoms with Crippen molar-refractivity contribution in [3.63, 3.8) is 0 Å². The van der Waals surface area contributed by atoms with Crippen molar-refractivity contribution < 1.29 is 14.6 Å². The number of hydrogen-bond donors (Lipinski definition) is 2. The van der Waals surface area contributed by atoms with Gasteiger partial charge in [0.25, 0.3) is 0 Å². The number of thioether (sulfide) groups is 1. The van der Waals surface area contributed by atoms with Gasteiger partial charge in [-0.1, -0.05) is 13.0 Å². The summed E-state index contributed by atoms with van der Waals surface area (Å²) < 4.78 is 4.65. The van der Waals surface area contributed by atoms with E-state index in [1.807, 2.05) is 13.2 Å². The lowest BCUT2D eigenvalue weighted by molar-refractivity contribution is -0.136. The molecule has 0 aliphatic carbocycles. The molecule has 5 heteroatoms. The molecular formula is C12H23NO3S. The molecule has 0 aliphatic heterocycles. The van der Waals surface area contributed by atoms with Gasteiger partial charge in [0.15, 0.2) is 0 Å². The molecule has 0 aliphatic rings. The predicted octanol–water partition coefficient (Wildman–Crippen LogP) is 1.20. The average Bonchev–Trinajstić information content (AvgIpc) is 2.28. The lowest BCUT2D eigenvalue weighted by atomic mass is 10.1. The largest absolute Gasteiger partial charge is 0.466 e. The van der Waals surface area contributed by atoms with E-state index in [-0.39, 0.29) is 5.97 Å². The number of ether oxygens (including phenoxy) is 1. The lowest BCUT2D eigenvalue weighted by Gasteiger charge is -2.22. The van der Waals surface area contributed by atoms with Crippen molar-refractivity contribution in [1.29, 1.82) is 0 Å². The fourth-order valence-corrected chi connectivity index (χ4v) is 2.13. The highest BCUT2D eigenvalue weighted by molar-refractivity contribution is 7.98. The summed E-state index contributed by atoms with van der Waals surface area (Å²) in [6.45, 7) is 4.76. The van der Waals surface area contributed by atoms with E-state index < -0.39 is 5.60 Å². The Morgan fingerprint density at radius 1 is 1.59 bits per heavy atom. The molecule has 0 amide bonds. The molecule has 0 fully saturated rings. The molecule has 0 saturated heterocycles. The first-order valence-electron chi connectivity index (χ1n) is 5.66. The van der Waals surface area contributed by atoms with Gasteiger partial charge >= 0.3 is 5.97 Å². The van der Waals surface area contributed by atoms with Crippen LogP contribution >= 0.6 is 11.8 Å². The standard InChI is InChI=1S/C12H23NO3S/c1-5-10(11(14)16-3)6-7-13-8-12(2,15)9-17-4/h6,13,15H,5,7-9H2,1-4H3. The zero-order valence-electron chi connectivity index (χ0n) is 11.1. The number of methoxy groups -OCH3 is 1. The monoisotopic (exact) mass is 261 g/mol. The van der Waals surface area contributed by atoms with E-state index >= 15 is 0 Å². The Morgan fingerprint density at radius 2 is 2.24 bits per heavy atom. The van der Waals surface area contributed by atoms with Crippen molar-refractivity contribution in [1.82, 2.24) is 5.32 Å². The maximum Gasteiger partial charge on any atom is 0.333 e. The molecule has 0 radical (unpaired) electrons. The zero-order valence-corrected chi connectivity index (χ0v) is 11.9. The van der Waals surface area contributed by atoms with Crippen LogP contribution < -0.4 is 5.32 Å². The summed E-state index contributed by atoms with van der Waals surface area (Å²) >= 11 is 1.61. The molecule has 0 aromatic carbocycles. The summed E-state index contributed by atoms with van der Waals surface area (Å²) in [6.07, 6.45) is 4.41. The van der Waals surface area contributed by atoms with Crippen LogP contribution in [0.15, 0.2) is 11.6 Å². The first kappa shape index (κ1) is 16.5. The molecule has 0 bridgehead atoms. The number of hydrogen-bond acceptors (Lipinski definition) is 5. The molecule has 0 saturated carbocycles. The minimum atomic E-state index is -0.717. The third kappa shape index (κ3) is 7.41. The van der Waals surface area contributed by atoms with Gasteiger partial charge in [-0.3, -0.25) is 0 Å². The second kappa shape index (κ2) is 8.55. The van der Waals surface area contributed by atoms with Gasteiger partial charge in [0.05, 0.1) is 12.7 Å². The van der Waals surface area contributed by atoms with Gasteiger partial charge < -0.3 is 15.2 Å². The topological polar surface area (TPSA) is 58.6 Å². The van der Waals surface area contributed by atoms with Crippen molar-refractivity contribution in [3.8, 4) is 0 Å². The summed E-state index contributed by atoms with van der Waals surface area (Å²) in [6, 6.07) is 0. The fourth-order valence-electron chi connectivity index (χ4n) is 1.40. The summed E-state index contributed by atoms with van der Waals surface area (Å²) in [5, 5.41) is 13.0. The van der Waals surface area contributed by atoms with Gasteiger partial charge in [-0.25, -0.2) is 4.79 Å². The number of aliphatic hydroxyl groups is 1. The van der Waals surface area contributed by atoms with Crippen molar-refractivity contribution in [2.24, 2.45) is 0 Å². The van der Waals surface area contributed by atoms with Gasteiger partial charge in [-0.15, -0.1) is 0 Å². The van der Waals surface area contributed by atoms with E-state index in [1.165, 1.54) is 7.11 Å². The predicted molar refractivity (Wildman–Crippen MR) is 72.3 cm³/mol. The Balaban J connectivity index is 4.04. The van der Waals surface area contributed by atoms with E-state index in [2.05, 4.69) is 10.1 Å². The second-order valence-electron chi connectivity index (χ2n) is 4.14. The summed E-state index contributed by atoms with van der Waals surface area (Å²) in [5.74, 6) is 0.395. The molecule has 2 N–H and O–H groups in total. The molecule has 100 valence electrons. The van der Waals surface area contributed by atoms with Crippen LogP contribution in [0.5, 0.6) is 0 Å². The number of nitrogens with one attached hydrogen (secondary N) is 1. The Kier molecular flexibility index (Phi) is 8.29. The summed E-state index contributed by atoms with van der Waals surface area (Å²) in [5.41, 5.74) is -0.0604. The molecule has 0 aromatic heterocycles. The molecule has 1 unspecified atom stereocenters. The first-order chi connectivity index (χ1) is 7.96. The molecule has 1 atom stereocenters. The minimum absolute atomic E-state index is 0.287. The third-order valence-corrected chi connectivity index (χ3v) is 3.19. The van der Waals surface area contributed by atoms with E-state index in [4.69, 9.17) is 0 Å². The molecular weight excluding hydrogens is 238 g/mol. The molecule has 4 nitrogen and oxygen atoms in total. The highest BCUT2D eigenvalue weighted by Gasteiger charge is 2.18. The maximum absolute atomic E-state index is 11.3. The molecule has 17 heavy (non-hydrogen) atoms. The number of rotatable bonds is 8. The number of carbonyl (C=O) groups excluding carboxylic acids is 1. The fraction of sp³-hybridized carbons (Fsp3) is 0.750.